The zero-order valence-electron chi connectivity index (χ0n) is 14.2. The Balaban J connectivity index is 1.54. The zero-order chi connectivity index (χ0) is 18.7. The van der Waals surface area contributed by atoms with Gasteiger partial charge >= 0.3 is 5.97 Å². The highest BCUT2D eigenvalue weighted by atomic mass is 32.1. The Hall–Kier alpha value is -2.68. The highest BCUT2D eigenvalue weighted by molar-refractivity contribution is 7.14. The van der Waals surface area contributed by atoms with Crippen LogP contribution in [0.3, 0.4) is 0 Å². The third kappa shape index (κ3) is 4.10. The summed E-state index contributed by atoms with van der Waals surface area (Å²) in [5.41, 5.74) is 1.03. The fourth-order valence-electron chi connectivity index (χ4n) is 2.87. The molecule has 0 radical (unpaired) electrons. The highest BCUT2D eigenvalue weighted by Crippen LogP contribution is 2.21. The van der Waals surface area contributed by atoms with Crippen LogP contribution in [0.1, 0.15) is 34.7 Å². The van der Waals surface area contributed by atoms with Crippen LogP contribution in [-0.2, 0) is 16.0 Å². The van der Waals surface area contributed by atoms with Crippen molar-refractivity contribution in [1.29, 1.82) is 0 Å². The van der Waals surface area contributed by atoms with Crippen LogP contribution in [0.25, 0.3) is 0 Å². The molecule has 9 heteroatoms. The minimum Gasteiger partial charge on any atom is -0.481 e. The van der Waals surface area contributed by atoms with E-state index in [1.165, 1.54) is 17.6 Å². The number of carboxylic acids is 1. The van der Waals surface area contributed by atoms with Gasteiger partial charge in [0.25, 0.3) is 5.91 Å². The predicted molar refractivity (Wildman–Crippen MR) is 94.2 cm³/mol. The predicted octanol–water partition coefficient (Wildman–Crippen LogP) is 2.16. The number of thiazole rings is 1. The van der Waals surface area contributed by atoms with Crippen molar-refractivity contribution in [1.82, 2.24) is 9.88 Å². The summed E-state index contributed by atoms with van der Waals surface area (Å²) < 4.78 is 5.11. The van der Waals surface area contributed by atoms with E-state index >= 15 is 0 Å². The summed E-state index contributed by atoms with van der Waals surface area (Å²) in [6.45, 7) is 2.60. The van der Waals surface area contributed by atoms with Gasteiger partial charge in [0, 0.05) is 18.5 Å². The zero-order valence-corrected chi connectivity index (χ0v) is 15.0. The van der Waals surface area contributed by atoms with E-state index < -0.39 is 5.97 Å². The van der Waals surface area contributed by atoms with Gasteiger partial charge in [-0.15, -0.1) is 11.3 Å². The summed E-state index contributed by atoms with van der Waals surface area (Å²) in [6.07, 6.45) is 2.53. The quantitative estimate of drug-likeness (QED) is 0.826. The number of furan rings is 1. The molecule has 138 valence electrons. The number of carboxylic acid groups (broad SMARTS) is 1. The molecule has 0 unspecified atom stereocenters. The van der Waals surface area contributed by atoms with E-state index in [1.807, 2.05) is 0 Å². The summed E-state index contributed by atoms with van der Waals surface area (Å²) >= 11 is 1.25. The molecule has 8 nitrogen and oxygen atoms in total. The summed E-state index contributed by atoms with van der Waals surface area (Å²) in [5, 5.41) is 13.9. The third-order valence-electron chi connectivity index (χ3n) is 4.40. The lowest BCUT2D eigenvalue weighted by molar-refractivity contribution is -0.145. The smallest absolute Gasteiger partial charge is 0.306 e. The number of aromatic nitrogens is 1. The van der Waals surface area contributed by atoms with Gasteiger partial charge in [0.2, 0.25) is 5.91 Å². The van der Waals surface area contributed by atoms with Crippen LogP contribution in [-0.4, -0.2) is 45.9 Å². The lowest BCUT2D eigenvalue weighted by Gasteiger charge is -2.30. The van der Waals surface area contributed by atoms with Gasteiger partial charge in [-0.1, -0.05) is 0 Å². The van der Waals surface area contributed by atoms with Crippen molar-refractivity contribution in [2.24, 2.45) is 5.92 Å². The van der Waals surface area contributed by atoms with E-state index in [0.29, 0.717) is 48.1 Å². The molecule has 0 aliphatic carbocycles. The Morgan fingerprint density at radius 1 is 1.38 bits per heavy atom. The van der Waals surface area contributed by atoms with Crippen molar-refractivity contribution in [2.45, 2.75) is 26.2 Å². The van der Waals surface area contributed by atoms with Crippen molar-refractivity contribution < 1.29 is 23.9 Å². The molecule has 0 bridgehead atoms. The first kappa shape index (κ1) is 18.1. The second kappa shape index (κ2) is 7.69. The van der Waals surface area contributed by atoms with Gasteiger partial charge in [0.15, 0.2) is 5.13 Å². The number of likely N-dealkylation sites (tertiary alicyclic amines) is 1. The molecule has 1 aliphatic heterocycles. The first-order valence-corrected chi connectivity index (χ1v) is 9.12. The number of aliphatic carboxylic acids is 1. The normalized spacial score (nSPS) is 15.0. The van der Waals surface area contributed by atoms with Crippen molar-refractivity contribution in [3.05, 3.63) is 34.7 Å². The highest BCUT2D eigenvalue weighted by Gasteiger charge is 2.27. The number of hydrogen-bond acceptors (Lipinski definition) is 6. The molecule has 0 spiro atoms. The van der Waals surface area contributed by atoms with Gasteiger partial charge < -0.3 is 14.4 Å². The maximum atomic E-state index is 12.4. The molecular formula is C17H19N3O5S. The topological polar surface area (TPSA) is 113 Å². The number of amides is 2. The second-order valence-corrected chi connectivity index (χ2v) is 7.02. The molecule has 2 N–H and O–H groups in total. The van der Waals surface area contributed by atoms with Crippen LogP contribution in [0.15, 0.2) is 22.1 Å². The number of nitrogens with one attached hydrogen (secondary N) is 1. The fraction of sp³-hybridized carbons (Fsp3) is 0.412. The van der Waals surface area contributed by atoms with Crippen LogP contribution >= 0.6 is 11.3 Å². The molecule has 2 aromatic rings. The van der Waals surface area contributed by atoms with E-state index in [4.69, 9.17) is 9.52 Å². The SMILES string of the molecule is Cc1occc1C(=O)Nc1nc(CC(=O)N2CCC(C(=O)O)CC2)cs1. The van der Waals surface area contributed by atoms with Crippen molar-refractivity contribution in [2.75, 3.05) is 18.4 Å². The summed E-state index contributed by atoms with van der Waals surface area (Å²) in [4.78, 5) is 41.4. The van der Waals surface area contributed by atoms with E-state index in [2.05, 4.69) is 10.3 Å². The number of anilines is 1. The van der Waals surface area contributed by atoms with Crippen molar-refractivity contribution >= 4 is 34.3 Å². The number of hydrogen-bond donors (Lipinski definition) is 2. The Bertz CT molecular complexity index is 820. The fourth-order valence-corrected chi connectivity index (χ4v) is 3.58. The number of aryl methyl sites for hydroxylation is 1. The van der Waals surface area contributed by atoms with Gasteiger partial charge in [0.05, 0.1) is 29.9 Å². The molecule has 0 aromatic carbocycles. The van der Waals surface area contributed by atoms with Crippen LogP contribution < -0.4 is 5.32 Å². The van der Waals surface area contributed by atoms with Crippen LogP contribution in [0.5, 0.6) is 0 Å². The molecule has 3 heterocycles. The monoisotopic (exact) mass is 377 g/mol. The number of rotatable bonds is 5. The van der Waals surface area contributed by atoms with Gasteiger partial charge in [-0.3, -0.25) is 19.7 Å². The van der Waals surface area contributed by atoms with E-state index in [1.54, 1.807) is 23.3 Å². The van der Waals surface area contributed by atoms with Crippen LogP contribution in [0.2, 0.25) is 0 Å². The second-order valence-electron chi connectivity index (χ2n) is 6.16. The number of piperidine rings is 1. The Morgan fingerprint density at radius 2 is 2.12 bits per heavy atom. The van der Waals surface area contributed by atoms with Crippen molar-refractivity contribution in [3.63, 3.8) is 0 Å². The minimum atomic E-state index is -0.801. The molecule has 2 aromatic heterocycles. The van der Waals surface area contributed by atoms with E-state index in [9.17, 15) is 14.4 Å². The number of nitrogens with zero attached hydrogens (tertiary/aromatic N) is 2. The Kier molecular flexibility index (Phi) is 5.36. The summed E-state index contributed by atoms with van der Waals surface area (Å²) in [7, 11) is 0. The average Bonchev–Trinajstić information content (AvgIpc) is 3.23. The molecule has 1 aliphatic rings. The standard InChI is InChI=1S/C17H19N3O5S/c1-10-13(4-7-25-10)15(22)19-17-18-12(9-26-17)8-14(21)20-5-2-11(3-6-20)16(23)24/h4,7,9,11H,2-3,5-6,8H2,1H3,(H,23,24)(H,18,19,22). The molecular weight excluding hydrogens is 358 g/mol. The van der Waals surface area contributed by atoms with Crippen LogP contribution in [0, 0.1) is 12.8 Å². The third-order valence-corrected chi connectivity index (χ3v) is 5.21. The average molecular weight is 377 g/mol. The van der Waals surface area contributed by atoms with Crippen LogP contribution in [0.4, 0.5) is 5.13 Å². The Labute approximate surface area is 153 Å². The largest absolute Gasteiger partial charge is 0.481 e. The summed E-state index contributed by atoms with van der Waals surface area (Å²) in [5.74, 6) is -1.03. The number of carbonyl (C=O) groups excluding carboxylic acids is 2. The van der Waals surface area contributed by atoms with Crippen molar-refractivity contribution in [3.8, 4) is 0 Å². The van der Waals surface area contributed by atoms with E-state index in [0.717, 1.165) is 0 Å². The lowest BCUT2D eigenvalue weighted by Crippen LogP contribution is -2.41. The first-order valence-electron chi connectivity index (χ1n) is 8.24. The molecule has 0 saturated carbocycles. The van der Waals surface area contributed by atoms with E-state index in [-0.39, 0.29) is 24.2 Å². The number of carbonyl (C=O) groups is 3. The minimum absolute atomic E-state index is 0.0808. The molecule has 1 fully saturated rings. The lowest BCUT2D eigenvalue weighted by atomic mass is 9.97. The summed E-state index contributed by atoms with van der Waals surface area (Å²) in [6, 6.07) is 1.59. The maximum absolute atomic E-state index is 12.4. The van der Waals surface area contributed by atoms with Gasteiger partial charge in [-0.05, 0) is 25.8 Å². The first-order chi connectivity index (χ1) is 12.4. The molecule has 26 heavy (non-hydrogen) atoms. The molecule has 2 amide bonds. The molecule has 3 rings (SSSR count). The molecule has 1 saturated heterocycles. The Morgan fingerprint density at radius 3 is 2.73 bits per heavy atom. The van der Waals surface area contributed by atoms with Gasteiger partial charge in [-0.25, -0.2) is 4.98 Å². The van der Waals surface area contributed by atoms with Gasteiger partial charge in [0.1, 0.15) is 5.76 Å². The molecule has 0 atom stereocenters. The van der Waals surface area contributed by atoms with Gasteiger partial charge in [-0.2, -0.15) is 0 Å². The maximum Gasteiger partial charge on any atom is 0.306 e.